The first-order chi connectivity index (χ1) is 8.54. The van der Waals surface area contributed by atoms with Gasteiger partial charge in [0.1, 0.15) is 5.01 Å². The number of aryl methyl sites for hydroxylation is 1. The minimum absolute atomic E-state index is 0.264. The van der Waals surface area contributed by atoms with Crippen LogP contribution in [0, 0.1) is 12.8 Å². The molecule has 0 bridgehead atoms. The number of nitrogens with one attached hydrogen (secondary N) is 2. The van der Waals surface area contributed by atoms with E-state index in [1.54, 1.807) is 19.1 Å². The third-order valence-electron chi connectivity index (χ3n) is 2.46. The molecular weight excluding hydrogens is 256 g/mol. The molecule has 2 unspecified atom stereocenters. The second-order valence-electron chi connectivity index (χ2n) is 3.90. The van der Waals surface area contributed by atoms with Gasteiger partial charge in [-0.25, -0.2) is 4.79 Å². The van der Waals surface area contributed by atoms with E-state index >= 15 is 0 Å². The zero-order valence-corrected chi connectivity index (χ0v) is 10.4. The number of amides is 2. The highest BCUT2D eigenvalue weighted by atomic mass is 32.1. The maximum atomic E-state index is 11.6. The quantitative estimate of drug-likeness (QED) is 0.709. The zero-order valence-electron chi connectivity index (χ0n) is 9.58. The molecule has 0 fully saturated rings. The molecule has 1 aromatic heterocycles. The van der Waals surface area contributed by atoms with Gasteiger partial charge in [-0.05, 0) is 13.3 Å². The predicted molar refractivity (Wildman–Crippen MR) is 65.5 cm³/mol. The Kier molecular flexibility index (Phi) is 3.56. The normalized spacial score (nSPS) is 21.8. The second kappa shape index (κ2) is 5.13. The van der Waals surface area contributed by atoms with Gasteiger partial charge in [-0.2, -0.15) is 0 Å². The van der Waals surface area contributed by atoms with E-state index in [-0.39, 0.29) is 6.04 Å². The zero-order chi connectivity index (χ0) is 13.1. The fourth-order valence-corrected chi connectivity index (χ4v) is 2.22. The van der Waals surface area contributed by atoms with Gasteiger partial charge in [-0.15, -0.1) is 10.2 Å². The molecular formula is C10H12N4O3S. The highest BCUT2D eigenvalue weighted by Crippen LogP contribution is 2.18. The highest BCUT2D eigenvalue weighted by molar-refractivity contribution is 7.15. The van der Waals surface area contributed by atoms with Gasteiger partial charge in [0, 0.05) is 0 Å². The van der Waals surface area contributed by atoms with E-state index in [1.165, 1.54) is 11.3 Å². The number of carbonyl (C=O) groups is 2. The molecule has 1 aromatic rings. The lowest BCUT2D eigenvalue weighted by Gasteiger charge is -2.11. The molecule has 1 heterocycles. The van der Waals surface area contributed by atoms with Crippen LogP contribution in [0.25, 0.3) is 0 Å². The van der Waals surface area contributed by atoms with Crippen LogP contribution < -0.4 is 10.6 Å². The summed E-state index contributed by atoms with van der Waals surface area (Å²) in [4.78, 5) is 22.3. The van der Waals surface area contributed by atoms with Crippen LogP contribution in [-0.4, -0.2) is 33.3 Å². The maximum absolute atomic E-state index is 11.6. The summed E-state index contributed by atoms with van der Waals surface area (Å²) in [6.07, 6.45) is 3.64. The summed E-state index contributed by atoms with van der Waals surface area (Å²) in [5, 5.41) is 22.7. The fraction of sp³-hybridized carbons (Fsp3) is 0.400. The van der Waals surface area contributed by atoms with Gasteiger partial charge in [-0.1, -0.05) is 23.5 Å². The molecule has 2 amide bonds. The number of rotatable bonds is 3. The van der Waals surface area contributed by atoms with E-state index in [2.05, 4.69) is 20.8 Å². The van der Waals surface area contributed by atoms with E-state index < -0.39 is 17.9 Å². The first-order valence-corrected chi connectivity index (χ1v) is 6.15. The molecule has 0 spiro atoms. The van der Waals surface area contributed by atoms with Gasteiger partial charge in [-0.3, -0.25) is 10.1 Å². The number of hydrogen-bond donors (Lipinski definition) is 3. The van der Waals surface area contributed by atoms with Crippen LogP contribution in [0.5, 0.6) is 0 Å². The Bertz CT molecular complexity index is 499. The summed E-state index contributed by atoms with van der Waals surface area (Å²) in [7, 11) is 0. The van der Waals surface area contributed by atoms with Gasteiger partial charge in [0.25, 0.3) is 0 Å². The standard InChI is InChI=1S/C10H12N4O3S/c1-5-13-14-10(18-5)12-9(17)11-7-3-2-6(4-7)8(15)16/h2-3,6-7H,4H2,1H3,(H,15,16)(H2,11,12,14,17). The van der Waals surface area contributed by atoms with E-state index in [0.29, 0.717) is 11.6 Å². The molecule has 0 radical (unpaired) electrons. The van der Waals surface area contributed by atoms with Crippen molar-refractivity contribution in [1.29, 1.82) is 0 Å². The van der Waals surface area contributed by atoms with E-state index in [1.807, 2.05) is 0 Å². The van der Waals surface area contributed by atoms with Gasteiger partial charge in [0.05, 0.1) is 12.0 Å². The van der Waals surface area contributed by atoms with Crippen LogP contribution >= 0.6 is 11.3 Å². The maximum Gasteiger partial charge on any atom is 0.321 e. The van der Waals surface area contributed by atoms with Crippen molar-refractivity contribution in [2.24, 2.45) is 5.92 Å². The molecule has 7 nitrogen and oxygen atoms in total. The first-order valence-electron chi connectivity index (χ1n) is 5.33. The molecule has 96 valence electrons. The monoisotopic (exact) mass is 268 g/mol. The van der Waals surface area contributed by atoms with Crippen molar-refractivity contribution >= 4 is 28.5 Å². The molecule has 1 aliphatic carbocycles. The van der Waals surface area contributed by atoms with Crippen LogP contribution in [0.2, 0.25) is 0 Å². The van der Waals surface area contributed by atoms with Gasteiger partial charge < -0.3 is 10.4 Å². The van der Waals surface area contributed by atoms with Gasteiger partial charge in [0.2, 0.25) is 5.13 Å². The minimum atomic E-state index is -0.879. The summed E-state index contributed by atoms with van der Waals surface area (Å²) in [6, 6.07) is -0.674. The third kappa shape index (κ3) is 3.04. The number of carbonyl (C=O) groups excluding carboxylic acids is 1. The number of nitrogens with zero attached hydrogens (tertiary/aromatic N) is 2. The molecule has 0 saturated carbocycles. The molecule has 0 aromatic carbocycles. The van der Waals surface area contributed by atoms with Crippen molar-refractivity contribution in [3.8, 4) is 0 Å². The molecule has 2 rings (SSSR count). The summed E-state index contributed by atoms with van der Waals surface area (Å²) in [5.74, 6) is -1.41. The van der Waals surface area contributed by atoms with Crippen molar-refractivity contribution < 1.29 is 14.7 Å². The van der Waals surface area contributed by atoms with Crippen LogP contribution in [0.3, 0.4) is 0 Å². The molecule has 3 N–H and O–H groups in total. The Hall–Kier alpha value is -1.96. The lowest BCUT2D eigenvalue weighted by atomic mass is 10.1. The average molecular weight is 268 g/mol. The van der Waals surface area contributed by atoms with Crippen molar-refractivity contribution in [2.45, 2.75) is 19.4 Å². The van der Waals surface area contributed by atoms with Gasteiger partial charge >= 0.3 is 12.0 Å². The first kappa shape index (κ1) is 12.5. The summed E-state index contributed by atoms with van der Waals surface area (Å²) >= 11 is 1.27. The van der Waals surface area contributed by atoms with Crippen LogP contribution in [0.1, 0.15) is 11.4 Å². The summed E-state index contributed by atoms with van der Waals surface area (Å²) in [6.45, 7) is 1.79. The summed E-state index contributed by atoms with van der Waals surface area (Å²) < 4.78 is 0. The van der Waals surface area contributed by atoms with E-state index in [4.69, 9.17) is 5.11 Å². The SMILES string of the molecule is Cc1nnc(NC(=O)NC2C=CC(C(=O)O)C2)s1. The molecule has 0 aliphatic heterocycles. The van der Waals surface area contributed by atoms with Crippen LogP contribution in [-0.2, 0) is 4.79 Å². The summed E-state index contributed by atoms with van der Waals surface area (Å²) in [5.41, 5.74) is 0. The number of aromatic nitrogens is 2. The van der Waals surface area contributed by atoms with Crippen molar-refractivity contribution in [3.05, 3.63) is 17.2 Å². The number of urea groups is 1. The number of carboxylic acid groups (broad SMARTS) is 1. The van der Waals surface area contributed by atoms with E-state index in [9.17, 15) is 9.59 Å². The van der Waals surface area contributed by atoms with Crippen molar-refractivity contribution in [2.75, 3.05) is 5.32 Å². The number of carboxylic acids is 1. The molecule has 1 aliphatic rings. The number of anilines is 1. The van der Waals surface area contributed by atoms with Crippen LogP contribution in [0.4, 0.5) is 9.93 Å². The minimum Gasteiger partial charge on any atom is -0.481 e. The van der Waals surface area contributed by atoms with Gasteiger partial charge in [0.15, 0.2) is 0 Å². The number of aliphatic carboxylic acids is 1. The molecule has 8 heteroatoms. The average Bonchev–Trinajstić information content (AvgIpc) is 2.88. The van der Waals surface area contributed by atoms with Crippen molar-refractivity contribution in [3.63, 3.8) is 0 Å². The molecule has 2 atom stereocenters. The van der Waals surface area contributed by atoms with E-state index in [0.717, 1.165) is 5.01 Å². The topological polar surface area (TPSA) is 104 Å². The third-order valence-corrected chi connectivity index (χ3v) is 3.22. The lowest BCUT2D eigenvalue weighted by molar-refractivity contribution is -0.140. The smallest absolute Gasteiger partial charge is 0.321 e. The molecule has 18 heavy (non-hydrogen) atoms. The lowest BCUT2D eigenvalue weighted by Crippen LogP contribution is -2.36. The molecule has 0 saturated heterocycles. The fourth-order valence-electron chi connectivity index (χ4n) is 1.64. The Labute approximate surface area is 107 Å². The Balaban J connectivity index is 1.82. The largest absolute Gasteiger partial charge is 0.481 e. The predicted octanol–water partition coefficient (Wildman–Crippen LogP) is 0.997. The second-order valence-corrected chi connectivity index (χ2v) is 5.08. The Morgan fingerprint density at radius 3 is 2.78 bits per heavy atom. The highest BCUT2D eigenvalue weighted by Gasteiger charge is 2.25. The van der Waals surface area contributed by atoms with Crippen molar-refractivity contribution in [1.82, 2.24) is 15.5 Å². The Morgan fingerprint density at radius 2 is 2.22 bits per heavy atom. The van der Waals surface area contributed by atoms with Crippen LogP contribution in [0.15, 0.2) is 12.2 Å². The Morgan fingerprint density at radius 1 is 1.44 bits per heavy atom. The number of hydrogen-bond acceptors (Lipinski definition) is 5.